The van der Waals surface area contributed by atoms with E-state index in [4.69, 9.17) is 4.74 Å². The second kappa shape index (κ2) is 6.05. The molecule has 1 aliphatic rings. The minimum atomic E-state index is -0.344. The van der Waals surface area contributed by atoms with Crippen molar-refractivity contribution in [2.75, 3.05) is 31.6 Å². The number of morpholine rings is 1. The first kappa shape index (κ1) is 13.8. The van der Waals surface area contributed by atoms with Gasteiger partial charge in [-0.05, 0) is 6.92 Å². The average molecular weight is 286 g/mol. The number of fused-ring (bicyclic) bond motifs is 1. The van der Waals surface area contributed by atoms with Crippen molar-refractivity contribution >= 4 is 22.5 Å². The molecule has 1 aromatic carbocycles. The SMILES string of the molecule is CC(Nc1nncc2ccccc12)C(=O)N1CCOCC1. The van der Waals surface area contributed by atoms with E-state index < -0.39 is 0 Å². The maximum atomic E-state index is 12.4. The number of carbonyl (C=O) groups excluding carboxylic acids is 1. The van der Waals surface area contributed by atoms with Crippen molar-refractivity contribution in [2.24, 2.45) is 0 Å². The fourth-order valence-corrected chi connectivity index (χ4v) is 2.46. The lowest BCUT2D eigenvalue weighted by molar-refractivity contribution is -0.135. The number of hydrogen-bond donors (Lipinski definition) is 1. The predicted octanol–water partition coefficient (Wildman–Crippen LogP) is 1.29. The first-order chi connectivity index (χ1) is 10.3. The Morgan fingerprint density at radius 2 is 2.10 bits per heavy atom. The predicted molar refractivity (Wildman–Crippen MR) is 80.0 cm³/mol. The van der Waals surface area contributed by atoms with Gasteiger partial charge in [-0.15, -0.1) is 5.10 Å². The molecule has 0 saturated carbocycles. The molecule has 1 fully saturated rings. The van der Waals surface area contributed by atoms with Crippen LogP contribution in [0.4, 0.5) is 5.82 Å². The van der Waals surface area contributed by atoms with Crippen LogP contribution in [0.15, 0.2) is 30.5 Å². The number of amides is 1. The van der Waals surface area contributed by atoms with Crippen LogP contribution in [0.25, 0.3) is 10.8 Å². The van der Waals surface area contributed by atoms with Crippen molar-refractivity contribution < 1.29 is 9.53 Å². The summed E-state index contributed by atoms with van der Waals surface area (Å²) in [5.41, 5.74) is 0. The molecule has 3 rings (SSSR count). The van der Waals surface area contributed by atoms with Crippen LogP contribution >= 0.6 is 0 Å². The molecule has 110 valence electrons. The molecule has 6 nitrogen and oxygen atoms in total. The van der Waals surface area contributed by atoms with E-state index in [0.717, 1.165) is 10.8 Å². The van der Waals surface area contributed by atoms with Crippen LogP contribution in [0.1, 0.15) is 6.92 Å². The summed E-state index contributed by atoms with van der Waals surface area (Å²) in [5, 5.41) is 13.2. The molecule has 0 radical (unpaired) electrons. The summed E-state index contributed by atoms with van der Waals surface area (Å²) < 4.78 is 5.27. The van der Waals surface area contributed by atoms with Gasteiger partial charge in [-0.3, -0.25) is 4.79 Å². The number of aromatic nitrogens is 2. The van der Waals surface area contributed by atoms with Crippen molar-refractivity contribution in [3.05, 3.63) is 30.5 Å². The van der Waals surface area contributed by atoms with E-state index in [0.29, 0.717) is 32.1 Å². The molecule has 1 saturated heterocycles. The molecule has 2 aromatic rings. The van der Waals surface area contributed by atoms with Crippen LogP contribution in [0.5, 0.6) is 0 Å². The Morgan fingerprint density at radius 3 is 2.90 bits per heavy atom. The summed E-state index contributed by atoms with van der Waals surface area (Å²) in [7, 11) is 0. The fourth-order valence-electron chi connectivity index (χ4n) is 2.46. The molecule has 1 unspecified atom stereocenters. The van der Waals surface area contributed by atoms with E-state index in [2.05, 4.69) is 15.5 Å². The molecule has 21 heavy (non-hydrogen) atoms. The number of anilines is 1. The third-order valence-electron chi connectivity index (χ3n) is 3.62. The van der Waals surface area contributed by atoms with E-state index in [1.807, 2.05) is 36.1 Å². The molecular formula is C15H18N4O2. The van der Waals surface area contributed by atoms with E-state index >= 15 is 0 Å². The summed E-state index contributed by atoms with van der Waals surface area (Å²) in [6, 6.07) is 7.50. The van der Waals surface area contributed by atoms with Crippen molar-refractivity contribution in [2.45, 2.75) is 13.0 Å². The van der Waals surface area contributed by atoms with Crippen molar-refractivity contribution in [3.8, 4) is 0 Å². The highest BCUT2D eigenvalue weighted by Crippen LogP contribution is 2.20. The molecule has 1 atom stereocenters. The molecule has 0 bridgehead atoms. The van der Waals surface area contributed by atoms with Crippen molar-refractivity contribution in [1.29, 1.82) is 0 Å². The Balaban J connectivity index is 1.76. The molecule has 2 heterocycles. The van der Waals surface area contributed by atoms with Gasteiger partial charge in [0.2, 0.25) is 5.91 Å². The monoisotopic (exact) mass is 286 g/mol. The van der Waals surface area contributed by atoms with Gasteiger partial charge in [0.15, 0.2) is 5.82 Å². The Kier molecular flexibility index (Phi) is 3.96. The fraction of sp³-hybridized carbons (Fsp3) is 0.400. The lowest BCUT2D eigenvalue weighted by atomic mass is 10.2. The van der Waals surface area contributed by atoms with E-state index in [1.165, 1.54) is 0 Å². The minimum Gasteiger partial charge on any atom is -0.378 e. The summed E-state index contributed by atoms with van der Waals surface area (Å²) >= 11 is 0. The second-order valence-electron chi connectivity index (χ2n) is 5.08. The number of nitrogens with one attached hydrogen (secondary N) is 1. The van der Waals surface area contributed by atoms with E-state index in [1.54, 1.807) is 6.20 Å². The minimum absolute atomic E-state index is 0.0630. The van der Waals surface area contributed by atoms with Crippen LogP contribution in [-0.4, -0.2) is 53.3 Å². The van der Waals surface area contributed by atoms with E-state index in [9.17, 15) is 4.79 Å². The highest BCUT2D eigenvalue weighted by atomic mass is 16.5. The molecule has 1 aliphatic heterocycles. The average Bonchev–Trinajstić information content (AvgIpc) is 2.55. The van der Waals surface area contributed by atoms with Crippen LogP contribution < -0.4 is 5.32 Å². The number of nitrogens with zero attached hydrogens (tertiary/aromatic N) is 3. The summed E-state index contributed by atoms with van der Waals surface area (Å²) in [4.78, 5) is 14.2. The number of rotatable bonds is 3. The number of ether oxygens (including phenoxy) is 1. The van der Waals surface area contributed by atoms with Gasteiger partial charge in [0.05, 0.1) is 19.4 Å². The zero-order valence-electron chi connectivity index (χ0n) is 12.0. The van der Waals surface area contributed by atoms with Gasteiger partial charge in [-0.2, -0.15) is 5.10 Å². The maximum Gasteiger partial charge on any atom is 0.244 e. The van der Waals surface area contributed by atoms with Gasteiger partial charge in [0, 0.05) is 23.9 Å². The summed E-state index contributed by atoms with van der Waals surface area (Å²) in [5.74, 6) is 0.704. The highest BCUT2D eigenvalue weighted by molar-refractivity contribution is 5.93. The topological polar surface area (TPSA) is 67.4 Å². The molecule has 0 spiro atoms. The molecule has 1 amide bonds. The molecule has 1 aromatic heterocycles. The Labute approximate surface area is 123 Å². The Hall–Kier alpha value is -2.21. The molecular weight excluding hydrogens is 268 g/mol. The highest BCUT2D eigenvalue weighted by Gasteiger charge is 2.23. The van der Waals surface area contributed by atoms with Crippen LogP contribution in [0.3, 0.4) is 0 Å². The van der Waals surface area contributed by atoms with Gasteiger partial charge in [-0.1, -0.05) is 24.3 Å². The lowest BCUT2D eigenvalue weighted by Crippen LogP contribution is -2.47. The van der Waals surface area contributed by atoms with Crippen molar-refractivity contribution in [3.63, 3.8) is 0 Å². The molecule has 6 heteroatoms. The third-order valence-corrected chi connectivity index (χ3v) is 3.62. The van der Waals surface area contributed by atoms with Crippen LogP contribution in [-0.2, 0) is 9.53 Å². The zero-order valence-corrected chi connectivity index (χ0v) is 12.0. The lowest BCUT2D eigenvalue weighted by Gasteiger charge is -2.29. The van der Waals surface area contributed by atoms with Gasteiger partial charge in [-0.25, -0.2) is 0 Å². The second-order valence-corrected chi connectivity index (χ2v) is 5.08. The Bertz CT molecular complexity index is 635. The molecule has 1 N–H and O–H groups in total. The molecule has 0 aliphatic carbocycles. The maximum absolute atomic E-state index is 12.4. The summed E-state index contributed by atoms with van der Waals surface area (Å²) in [6.45, 7) is 4.35. The standard InChI is InChI=1S/C15H18N4O2/c1-11(15(20)19-6-8-21-9-7-19)17-14-13-5-3-2-4-12(13)10-16-18-14/h2-5,10-11H,6-9H2,1H3,(H,17,18). The van der Waals surface area contributed by atoms with E-state index in [-0.39, 0.29) is 11.9 Å². The number of hydrogen-bond acceptors (Lipinski definition) is 5. The largest absolute Gasteiger partial charge is 0.378 e. The Morgan fingerprint density at radius 1 is 1.33 bits per heavy atom. The first-order valence-electron chi connectivity index (χ1n) is 7.09. The van der Waals surface area contributed by atoms with Gasteiger partial charge < -0.3 is 15.0 Å². The quantitative estimate of drug-likeness (QED) is 0.921. The normalized spacial score (nSPS) is 16.7. The van der Waals surface area contributed by atoms with Gasteiger partial charge in [0.25, 0.3) is 0 Å². The third kappa shape index (κ3) is 2.95. The zero-order chi connectivity index (χ0) is 14.7. The van der Waals surface area contributed by atoms with Crippen LogP contribution in [0.2, 0.25) is 0 Å². The number of benzene rings is 1. The van der Waals surface area contributed by atoms with Gasteiger partial charge >= 0.3 is 0 Å². The summed E-state index contributed by atoms with van der Waals surface area (Å²) in [6.07, 6.45) is 1.72. The number of carbonyl (C=O) groups is 1. The first-order valence-corrected chi connectivity index (χ1v) is 7.09. The van der Waals surface area contributed by atoms with Crippen molar-refractivity contribution in [1.82, 2.24) is 15.1 Å². The van der Waals surface area contributed by atoms with Crippen LogP contribution in [0, 0.1) is 0 Å². The smallest absolute Gasteiger partial charge is 0.244 e. The van der Waals surface area contributed by atoms with Gasteiger partial charge in [0.1, 0.15) is 6.04 Å².